The Hall–Kier alpha value is -3.39. The number of benzene rings is 2. The van der Waals surface area contributed by atoms with Crippen molar-refractivity contribution in [3.05, 3.63) is 70.9 Å². The summed E-state index contributed by atoms with van der Waals surface area (Å²) in [6.07, 6.45) is 0. The van der Waals surface area contributed by atoms with E-state index in [1.807, 2.05) is 32.9 Å². The van der Waals surface area contributed by atoms with Gasteiger partial charge >= 0.3 is 0 Å². The Morgan fingerprint density at radius 2 is 1.62 bits per heavy atom. The van der Waals surface area contributed by atoms with Gasteiger partial charge in [-0.2, -0.15) is 0 Å². The lowest BCUT2D eigenvalue weighted by Gasteiger charge is -2.18. The van der Waals surface area contributed by atoms with Crippen molar-refractivity contribution in [1.29, 1.82) is 0 Å². The molecule has 8 heteroatoms. The number of fused-ring (bicyclic) bond motifs is 1. The van der Waals surface area contributed by atoms with E-state index in [-0.39, 0.29) is 21.9 Å². The second-order valence-electron chi connectivity index (χ2n) is 9.58. The van der Waals surface area contributed by atoms with Crippen LogP contribution in [-0.2, 0) is 15.4 Å². The molecular weight excluding hydrogens is 448 g/mol. The zero-order valence-electron chi connectivity index (χ0n) is 20.6. The minimum Gasteiger partial charge on any atom is -0.495 e. The van der Waals surface area contributed by atoms with Crippen LogP contribution in [0.4, 0.5) is 5.82 Å². The van der Waals surface area contributed by atoms with E-state index in [1.165, 1.54) is 13.2 Å². The van der Waals surface area contributed by atoms with Crippen LogP contribution in [0.2, 0.25) is 0 Å². The minimum absolute atomic E-state index is 0.0437. The van der Waals surface area contributed by atoms with Gasteiger partial charge < -0.3 is 4.74 Å². The third kappa shape index (κ3) is 4.25. The Balaban J connectivity index is 1.96. The summed E-state index contributed by atoms with van der Waals surface area (Å²) in [6, 6.07) is 14.5. The summed E-state index contributed by atoms with van der Waals surface area (Å²) in [5.74, 6) is 0.477. The van der Waals surface area contributed by atoms with Crippen LogP contribution in [0.1, 0.15) is 43.2 Å². The van der Waals surface area contributed by atoms with Crippen molar-refractivity contribution < 1.29 is 13.2 Å². The average Bonchev–Trinajstić information content (AvgIpc) is 3.09. The fourth-order valence-electron chi connectivity index (χ4n) is 4.17. The van der Waals surface area contributed by atoms with Gasteiger partial charge in [-0.1, -0.05) is 50.6 Å². The molecule has 4 rings (SSSR count). The predicted molar refractivity (Wildman–Crippen MR) is 136 cm³/mol. The van der Waals surface area contributed by atoms with Gasteiger partial charge in [0.05, 0.1) is 18.2 Å². The zero-order chi connectivity index (χ0) is 24.8. The third-order valence-corrected chi connectivity index (χ3v) is 7.11. The Morgan fingerprint density at radius 1 is 0.971 bits per heavy atom. The quantitative estimate of drug-likeness (QED) is 0.412. The Bertz CT molecular complexity index is 1480. The molecule has 2 aromatic heterocycles. The van der Waals surface area contributed by atoms with Gasteiger partial charge in [0.25, 0.3) is 10.0 Å². The molecule has 7 nitrogen and oxygen atoms in total. The molecular formula is C26H30N4O3S. The van der Waals surface area contributed by atoms with E-state index in [0.717, 1.165) is 28.1 Å². The molecule has 0 saturated carbocycles. The number of nitrogens with one attached hydrogen (secondary N) is 1. The van der Waals surface area contributed by atoms with E-state index < -0.39 is 10.0 Å². The second-order valence-corrected chi connectivity index (χ2v) is 11.2. The van der Waals surface area contributed by atoms with E-state index in [0.29, 0.717) is 11.0 Å². The van der Waals surface area contributed by atoms with E-state index in [9.17, 15) is 8.42 Å². The van der Waals surface area contributed by atoms with E-state index >= 15 is 0 Å². The summed E-state index contributed by atoms with van der Waals surface area (Å²) in [6.45, 7) is 12.4. The molecule has 0 fully saturated rings. The van der Waals surface area contributed by atoms with Crippen molar-refractivity contribution in [2.45, 2.75) is 51.9 Å². The first kappa shape index (κ1) is 23.8. The number of nitrogens with zero attached hydrogens (tertiary/aromatic N) is 3. The molecule has 178 valence electrons. The lowest BCUT2D eigenvalue weighted by molar-refractivity contribution is 0.403. The lowest BCUT2D eigenvalue weighted by Crippen LogP contribution is -2.15. The Labute approximate surface area is 200 Å². The number of para-hydroxylation sites is 1. The fourth-order valence-corrected chi connectivity index (χ4v) is 5.36. The van der Waals surface area contributed by atoms with Gasteiger partial charge in [-0.05, 0) is 56.2 Å². The van der Waals surface area contributed by atoms with Crippen LogP contribution in [-0.4, -0.2) is 30.3 Å². The van der Waals surface area contributed by atoms with Gasteiger partial charge in [0.1, 0.15) is 10.6 Å². The van der Waals surface area contributed by atoms with Gasteiger partial charge in [0.2, 0.25) is 0 Å². The summed E-state index contributed by atoms with van der Waals surface area (Å²) in [5.41, 5.74) is 5.40. The molecule has 0 saturated heterocycles. The molecule has 0 unspecified atom stereocenters. The fraction of sp³-hybridized carbons (Fsp3) is 0.308. The summed E-state index contributed by atoms with van der Waals surface area (Å²) >= 11 is 0. The maximum atomic E-state index is 13.3. The number of aromatic nitrogens is 3. The van der Waals surface area contributed by atoms with Crippen LogP contribution < -0.4 is 9.46 Å². The molecule has 0 aliphatic carbocycles. The third-order valence-electron chi connectivity index (χ3n) is 5.74. The standard InChI is InChI=1S/C26H30N4O3S/c1-16-14-17(2)23(18(3)15-16)30-25-19(12-13-22(27-25)26(4,5)6)24(28-30)29-34(31,32)21-11-9-8-10-20(21)33-7/h8-15H,1-7H3,(H,28,29). The first-order chi connectivity index (χ1) is 15.9. The summed E-state index contributed by atoms with van der Waals surface area (Å²) in [7, 11) is -2.52. The molecule has 2 aromatic carbocycles. The van der Waals surface area contributed by atoms with Gasteiger partial charge in [-0.15, -0.1) is 5.10 Å². The van der Waals surface area contributed by atoms with Crippen LogP contribution in [0.25, 0.3) is 16.7 Å². The van der Waals surface area contributed by atoms with Crippen LogP contribution in [0.5, 0.6) is 5.75 Å². The lowest BCUT2D eigenvalue weighted by atomic mass is 9.91. The monoisotopic (exact) mass is 478 g/mol. The summed E-state index contributed by atoms with van der Waals surface area (Å²) in [4.78, 5) is 4.97. The van der Waals surface area contributed by atoms with Crippen LogP contribution in [0, 0.1) is 20.8 Å². The molecule has 2 heterocycles. The van der Waals surface area contributed by atoms with Gasteiger partial charge in [0.15, 0.2) is 11.5 Å². The number of aryl methyl sites for hydroxylation is 3. The number of methoxy groups -OCH3 is 1. The second kappa shape index (κ2) is 8.43. The molecule has 0 bridgehead atoms. The molecule has 0 radical (unpaired) electrons. The Kier molecular flexibility index (Phi) is 5.89. The molecule has 0 aliphatic rings. The van der Waals surface area contributed by atoms with Crippen LogP contribution >= 0.6 is 0 Å². The SMILES string of the molecule is COc1ccccc1S(=O)(=O)Nc1nn(-c2c(C)cc(C)cc2C)c2nc(C(C)(C)C)ccc12. The largest absolute Gasteiger partial charge is 0.495 e. The molecule has 1 N–H and O–H groups in total. The number of rotatable bonds is 5. The normalized spacial score (nSPS) is 12.2. The van der Waals surface area contributed by atoms with Crippen molar-refractivity contribution in [1.82, 2.24) is 14.8 Å². The highest BCUT2D eigenvalue weighted by molar-refractivity contribution is 7.92. The maximum Gasteiger partial charge on any atom is 0.266 e. The number of hydrogen-bond donors (Lipinski definition) is 1. The highest BCUT2D eigenvalue weighted by Crippen LogP contribution is 2.33. The smallest absolute Gasteiger partial charge is 0.266 e. The molecule has 0 atom stereocenters. The minimum atomic E-state index is -3.96. The van der Waals surface area contributed by atoms with Gasteiger partial charge in [-0.25, -0.2) is 18.1 Å². The number of ether oxygens (including phenoxy) is 1. The van der Waals surface area contributed by atoms with Crippen molar-refractivity contribution in [2.75, 3.05) is 11.8 Å². The van der Waals surface area contributed by atoms with E-state index in [2.05, 4.69) is 37.6 Å². The summed E-state index contributed by atoms with van der Waals surface area (Å²) in [5, 5.41) is 5.34. The first-order valence-electron chi connectivity index (χ1n) is 11.1. The zero-order valence-corrected chi connectivity index (χ0v) is 21.4. The van der Waals surface area contributed by atoms with Crippen molar-refractivity contribution in [3.8, 4) is 11.4 Å². The number of sulfonamides is 1. The van der Waals surface area contributed by atoms with Crippen LogP contribution in [0.15, 0.2) is 53.4 Å². The maximum absolute atomic E-state index is 13.3. The van der Waals surface area contributed by atoms with E-state index in [1.54, 1.807) is 22.9 Å². The molecule has 0 amide bonds. The Morgan fingerprint density at radius 3 is 2.24 bits per heavy atom. The molecule has 0 spiro atoms. The molecule has 0 aliphatic heterocycles. The number of pyridine rings is 1. The molecule has 34 heavy (non-hydrogen) atoms. The number of anilines is 1. The summed E-state index contributed by atoms with van der Waals surface area (Å²) < 4.78 is 36.3. The van der Waals surface area contributed by atoms with E-state index in [4.69, 9.17) is 14.8 Å². The van der Waals surface area contributed by atoms with Gasteiger partial charge in [0, 0.05) is 11.1 Å². The van der Waals surface area contributed by atoms with Crippen molar-refractivity contribution >= 4 is 26.9 Å². The average molecular weight is 479 g/mol. The van der Waals surface area contributed by atoms with Crippen molar-refractivity contribution in [2.24, 2.45) is 0 Å². The van der Waals surface area contributed by atoms with Crippen molar-refractivity contribution in [3.63, 3.8) is 0 Å². The first-order valence-corrected chi connectivity index (χ1v) is 12.5. The highest BCUT2D eigenvalue weighted by Gasteiger charge is 2.25. The topological polar surface area (TPSA) is 86.1 Å². The van der Waals surface area contributed by atoms with Gasteiger partial charge in [-0.3, -0.25) is 4.72 Å². The number of hydrogen-bond acceptors (Lipinski definition) is 5. The molecule has 4 aromatic rings. The highest BCUT2D eigenvalue weighted by atomic mass is 32.2. The predicted octanol–water partition coefficient (Wildman–Crippen LogP) is 5.45. The van der Waals surface area contributed by atoms with Crippen LogP contribution in [0.3, 0.4) is 0 Å².